The number of oxazole rings is 1. The fourth-order valence-electron chi connectivity index (χ4n) is 2.52. The van der Waals surface area contributed by atoms with Crippen molar-refractivity contribution in [1.29, 1.82) is 0 Å². The second-order valence-corrected chi connectivity index (χ2v) is 9.63. The van der Waals surface area contributed by atoms with Crippen LogP contribution >= 0.6 is 24.0 Å². The van der Waals surface area contributed by atoms with E-state index in [1.807, 2.05) is 25.1 Å². The van der Waals surface area contributed by atoms with Crippen LogP contribution in [0.3, 0.4) is 0 Å². The van der Waals surface area contributed by atoms with Crippen LogP contribution in [-0.2, 0) is 34.3 Å². The fourth-order valence-corrected chi connectivity index (χ4v) is 3.28. The van der Waals surface area contributed by atoms with Crippen molar-refractivity contribution in [2.45, 2.75) is 52.0 Å². The summed E-state index contributed by atoms with van der Waals surface area (Å²) in [6.45, 7) is 9.77. The Hall–Kier alpha value is -1.66. The molecule has 1 heterocycles. The molecule has 0 amide bonds. The minimum atomic E-state index is -3.30. The summed E-state index contributed by atoms with van der Waals surface area (Å²) in [6.07, 6.45) is 1.76. The molecule has 2 aromatic rings. The molecule has 0 saturated carbocycles. The van der Waals surface area contributed by atoms with Gasteiger partial charge in [-0.05, 0) is 25.1 Å². The first-order chi connectivity index (χ1) is 13.6. The van der Waals surface area contributed by atoms with E-state index in [1.165, 1.54) is 7.05 Å². The Labute approximate surface area is 196 Å². The van der Waals surface area contributed by atoms with Crippen LogP contribution < -0.4 is 15.4 Å². The minimum Gasteiger partial charge on any atom is -0.443 e. The number of nitrogens with one attached hydrogen (secondary N) is 3. The molecular formula is C20H32IN5O3S. The van der Waals surface area contributed by atoms with Crippen molar-refractivity contribution in [3.05, 3.63) is 53.2 Å². The molecule has 0 aliphatic carbocycles. The molecule has 0 unspecified atom stereocenters. The molecule has 0 fully saturated rings. The van der Waals surface area contributed by atoms with Crippen molar-refractivity contribution >= 4 is 40.0 Å². The smallest absolute Gasteiger partial charge is 0.215 e. The van der Waals surface area contributed by atoms with Gasteiger partial charge in [-0.25, -0.2) is 23.1 Å². The summed E-state index contributed by atoms with van der Waals surface area (Å²) in [4.78, 5) is 8.88. The topological polar surface area (TPSA) is 109 Å². The van der Waals surface area contributed by atoms with Crippen LogP contribution in [0, 0.1) is 0 Å². The number of nitrogens with zero attached hydrogens (tertiary/aromatic N) is 2. The molecule has 30 heavy (non-hydrogen) atoms. The van der Waals surface area contributed by atoms with Gasteiger partial charge in [0.05, 0.1) is 25.0 Å². The predicted octanol–water partition coefficient (Wildman–Crippen LogP) is 2.89. The van der Waals surface area contributed by atoms with E-state index in [-0.39, 0.29) is 35.1 Å². The van der Waals surface area contributed by atoms with Crippen LogP contribution in [0.15, 0.2) is 39.9 Å². The van der Waals surface area contributed by atoms with E-state index >= 15 is 0 Å². The van der Waals surface area contributed by atoms with Crippen molar-refractivity contribution < 1.29 is 12.8 Å². The van der Waals surface area contributed by atoms with E-state index < -0.39 is 10.0 Å². The summed E-state index contributed by atoms with van der Waals surface area (Å²) in [6, 6.07) is 7.41. The molecule has 3 N–H and O–H groups in total. The van der Waals surface area contributed by atoms with Crippen LogP contribution in [0.2, 0.25) is 0 Å². The number of rotatable bonds is 8. The molecule has 10 heteroatoms. The summed E-state index contributed by atoms with van der Waals surface area (Å²) in [5.74, 6) is 2.01. The van der Waals surface area contributed by atoms with E-state index in [1.54, 1.807) is 12.3 Å². The highest BCUT2D eigenvalue weighted by Crippen LogP contribution is 2.22. The molecule has 0 spiro atoms. The molecule has 168 valence electrons. The molecule has 0 radical (unpaired) electrons. The Morgan fingerprint density at radius 2 is 1.90 bits per heavy atom. The first-order valence-electron chi connectivity index (χ1n) is 9.59. The maximum Gasteiger partial charge on any atom is 0.215 e. The zero-order chi connectivity index (χ0) is 21.5. The number of aromatic nitrogens is 1. The maximum absolute atomic E-state index is 11.7. The monoisotopic (exact) mass is 549 g/mol. The number of sulfonamides is 1. The molecule has 1 aromatic carbocycles. The number of hydrogen-bond donors (Lipinski definition) is 3. The predicted molar refractivity (Wildman–Crippen MR) is 130 cm³/mol. The highest BCUT2D eigenvalue weighted by molar-refractivity contribution is 14.0. The lowest BCUT2D eigenvalue weighted by molar-refractivity contribution is 0.379. The van der Waals surface area contributed by atoms with Crippen LogP contribution in [0.5, 0.6) is 0 Å². The van der Waals surface area contributed by atoms with Crippen molar-refractivity contribution in [2.75, 3.05) is 13.6 Å². The number of guanidine groups is 1. The van der Waals surface area contributed by atoms with Crippen LogP contribution in [0.25, 0.3) is 0 Å². The van der Waals surface area contributed by atoms with Gasteiger partial charge in [-0.3, -0.25) is 0 Å². The van der Waals surface area contributed by atoms with Gasteiger partial charge >= 0.3 is 0 Å². The average molecular weight is 549 g/mol. The van der Waals surface area contributed by atoms with Gasteiger partial charge in [0.2, 0.25) is 15.9 Å². The third kappa shape index (κ3) is 8.60. The Kier molecular flexibility index (Phi) is 10.2. The molecular weight excluding hydrogens is 517 g/mol. The third-order valence-electron chi connectivity index (χ3n) is 4.12. The quantitative estimate of drug-likeness (QED) is 0.266. The van der Waals surface area contributed by atoms with Gasteiger partial charge in [0.25, 0.3) is 0 Å². The number of aliphatic imine (C=N–C) groups is 1. The van der Waals surface area contributed by atoms with Gasteiger partial charge in [-0.15, -0.1) is 24.0 Å². The SMILES string of the molecule is CCNC(=NCc1cccc(CS(=O)(=O)NC)c1)NCc1ncc(C(C)(C)C)o1.I. The van der Waals surface area contributed by atoms with Crippen molar-refractivity contribution in [3.8, 4) is 0 Å². The molecule has 0 saturated heterocycles. The average Bonchev–Trinajstić information content (AvgIpc) is 3.13. The third-order valence-corrected chi connectivity index (χ3v) is 5.46. The minimum absolute atomic E-state index is 0. The molecule has 0 aliphatic rings. The van der Waals surface area contributed by atoms with Crippen LogP contribution in [-0.4, -0.2) is 33.0 Å². The summed E-state index contributed by atoms with van der Waals surface area (Å²) < 4.78 is 31.6. The molecule has 0 aliphatic heterocycles. The normalized spacial score (nSPS) is 12.4. The Bertz CT molecular complexity index is 936. The highest BCUT2D eigenvalue weighted by Gasteiger charge is 2.19. The molecule has 8 nitrogen and oxygen atoms in total. The van der Waals surface area contributed by atoms with Gasteiger partial charge in [0.15, 0.2) is 5.96 Å². The summed E-state index contributed by atoms with van der Waals surface area (Å²) in [5.41, 5.74) is 1.56. The van der Waals surface area contributed by atoms with E-state index in [9.17, 15) is 8.42 Å². The van der Waals surface area contributed by atoms with Gasteiger partial charge in [0.1, 0.15) is 5.76 Å². The second kappa shape index (κ2) is 11.7. The van der Waals surface area contributed by atoms with E-state index in [4.69, 9.17) is 4.42 Å². The summed E-state index contributed by atoms with van der Waals surface area (Å²) in [5, 5.41) is 6.40. The highest BCUT2D eigenvalue weighted by atomic mass is 127. The summed E-state index contributed by atoms with van der Waals surface area (Å²) in [7, 11) is -1.89. The standard InChI is InChI=1S/C20H31N5O3S.HI/c1-6-22-19(25-13-18-23-12-17(28-18)20(2,3)4)24-11-15-8-7-9-16(10-15)14-29(26,27)21-5;/h7-10,12,21H,6,11,13-14H2,1-5H3,(H2,22,24,25);1H. The fraction of sp³-hybridized carbons (Fsp3) is 0.500. The van der Waals surface area contributed by atoms with Crippen molar-refractivity contribution in [2.24, 2.45) is 4.99 Å². The maximum atomic E-state index is 11.7. The lowest BCUT2D eigenvalue weighted by atomic mass is 9.94. The van der Waals surface area contributed by atoms with Crippen LogP contribution in [0.4, 0.5) is 0 Å². The molecule has 1 aromatic heterocycles. The van der Waals surface area contributed by atoms with E-state index in [0.29, 0.717) is 31.5 Å². The first kappa shape index (κ1) is 26.4. The van der Waals surface area contributed by atoms with Crippen molar-refractivity contribution in [1.82, 2.24) is 20.3 Å². The zero-order valence-corrected chi connectivity index (χ0v) is 21.3. The lowest BCUT2D eigenvalue weighted by Gasteiger charge is -2.13. The van der Waals surface area contributed by atoms with E-state index in [0.717, 1.165) is 16.9 Å². The summed E-state index contributed by atoms with van der Waals surface area (Å²) >= 11 is 0. The zero-order valence-electron chi connectivity index (χ0n) is 18.2. The molecule has 2 rings (SSSR count). The number of halogens is 1. The lowest BCUT2D eigenvalue weighted by Crippen LogP contribution is -2.36. The van der Waals surface area contributed by atoms with Gasteiger partial charge in [-0.2, -0.15) is 0 Å². The Morgan fingerprint density at radius 1 is 1.20 bits per heavy atom. The van der Waals surface area contributed by atoms with Crippen molar-refractivity contribution in [3.63, 3.8) is 0 Å². The Balaban J connectivity index is 0.00000450. The van der Waals surface area contributed by atoms with Crippen LogP contribution in [0.1, 0.15) is 50.5 Å². The van der Waals surface area contributed by atoms with E-state index in [2.05, 4.69) is 46.1 Å². The molecule has 0 atom stereocenters. The number of hydrogen-bond acceptors (Lipinski definition) is 5. The molecule has 0 bridgehead atoms. The number of benzene rings is 1. The first-order valence-corrected chi connectivity index (χ1v) is 11.2. The largest absolute Gasteiger partial charge is 0.443 e. The second-order valence-electron chi connectivity index (χ2n) is 7.70. The Morgan fingerprint density at radius 3 is 2.50 bits per heavy atom. The van der Waals surface area contributed by atoms with Gasteiger partial charge in [0, 0.05) is 12.0 Å². The van der Waals surface area contributed by atoms with Gasteiger partial charge in [-0.1, -0.05) is 45.0 Å². The van der Waals surface area contributed by atoms with Gasteiger partial charge < -0.3 is 15.1 Å².